The number of thioether (sulfide) groups is 1. The van der Waals surface area contributed by atoms with Crippen molar-refractivity contribution in [1.29, 1.82) is 5.26 Å². The highest BCUT2D eigenvalue weighted by atomic mass is 32.2. The second-order valence-corrected chi connectivity index (χ2v) is 9.61. The van der Waals surface area contributed by atoms with Crippen LogP contribution in [0.4, 0.5) is 10.5 Å². The number of imide groups is 1. The van der Waals surface area contributed by atoms with E-state index in [1.165, 1.54) is 22.9 Å². The summed E-state index contributed by atoms with van der Waals surface area (Å²) >= 11 is 1.47. The molecule has 0 radical (unpaired) electrons. The number of urea groups is 1. The van der Waals surface area contributed by atoms with Crippen LogP contribution >= 0.6 is 11.8 Å². The van der Waals surface area contributed by atoms with E-state index in [2.05, 4.69) is 11.1 Å². The fourth-order valence-corrected chi connectivity index (χ4v) is 6.16. The summed E-state index contributed by atoms with van der Waals surface area (Å²) in [6, 6.07) is 17.3. The summed E-state index contributed by atoms with van der Waals surface area (Å²) in [5, 5.41) is 10.6. The Morgan fingerprint density at radius 1 is 1.09 bits per heavy atom. The molecule has 0 aliphatic carbocycles. The summed E-state index contributed by atoms with van der Waals surface area (Å²) in [6.45, 7) is 0.439. The molecule has 3 atom stereocenters. The molecule has 4 amide bonds. The molecule has 0 N–H and O–H groups in total. The Bertz CT molecular complexity index is 1390. The zero-order chi connectivity index (χ0) is 23.4. The third-order valence-corrected chi connectivity index (χ3v) is 7.81. The lowest BCUT2D eigenvalue weighted by atomic mass is 10.1. The van der Waals surface area contributed by atoms with Crippen molar-refractivity contribution in [2.45, 2.75) is 29.4 Å². The Kier molecular flexibility index (Phi) is 4.78. The molecule has 34 heavy (non-hydrogen) atoms. The molecule has 3 aliphatic heterocycles. The van der Waals surface area contributed by atoms with E-state index in [0.717, 1.165) is 4.90 Å². The Labute approximate surface area is 199 Å². The molecule has 4 heterocycles. The number of fused-ring (bicyclic) bond motifs is 6. The van der Waals surface area contributed by atoms with Crippen LogP contribution in [-0.4, -0.2) is 63.1 Å². The zero-order valence-electron chi connectivity index (χ0n) is 18.0. The third-order valence-electron chi connectivity index (χ3n) is 6.81. The molecule has 2 bridgehead atoms. The maximum atomic E-state index is 13.6. The van der Waals surface area contributed by atoms with Gasteiger partial charge in [0.2, 0.25) is 5.91 Å². The predicted molar refractivity (Wildman–Crippen MR) is 126 cm³/mol. The summed E-state index contributed by atoms with van der Waals surface area (Å²) in [4.78, 5) is 49.8. The molecule has 168 valence electrons. The summed E-state index contributed by atoms with van der Waals surface area (Å²) in [7, 11) is 0. The van der Waals surface area contributed by atoms with Gasteiger partial charge >= 0.3 is 6.03 Å². The van der Waals surface area contributed by atoms with Crippen molar-refractivity contribution in [3.63, 3.8) is 0 Å². The number of hydrogen-bond donors (Lipinski definition) is 0. The number of piperazine rings is 1. The highest BCUT2D eigenvalue weighted by Gasteiger charge is 2.63. The van der Waals surface area contributed by atoms with Crippen LogP contribution in [-0.2, 0) is 9.59 Å². The zero-order valence-corrected chi connectivity index (χ0v) is 18.8. The van der Waals surface area contributed by atoms with Crippen LogP contribution in [0, 0.1) is 11.3 Å². The molecule has 3 aliphatic rings. The van der Waals surface area contributed by atoms with Gasteiger partial charge in [0.15, 0.2) is 0 Å². The first-order valence-electron chi connectivity index (χ1n) is 11.0. The van der Waals surface area contributed by atoms with Crippen LogP contribution in [0.3, 0.4) is 0 Å². The van der Waals surface area contributed by atoms with Gasteiger partial charge in [0, 0.05) is 22.2 Å². The number of hydrogen-bond acceptors (Lipinski definition) is 6. The number of anilines is 1. The highest BCUT2D eigenvalue weighted by Crippen LogP contribution is 2.43. The van der Waals surface area contributed by atoms with Crippen LogP contribution in [0.25, 0.3) is 10.8 Å². The first-order chi connectivity index (χ1) is 16.6. The van der Waals surface area contributed by atoms with Gasteiger partial charge in [0.05, 0.1) is 29.7 Å². The average Bonchev–Trinajstić information content (AvgIpc) is 3.54. The van der Waals surface area contributed by atoms with Crippen molar-refractivity contribution in [3.05, 3.63) is 66.5 Å². The summed E-state index contributed by atoms with van der Waals surface area (Å²) in [5.41, 5.74) is 0.614. The average molecular weight is 470 g/mol. The predicted octanol–water partition coefficient (Wildman–Crippen LogP) is 3.02. The SMILES string of the molecule is N#Cc1ncc(N2C(=O)[C@H]3C4CC(CN4C(=O)CSc4ccccc4)N3C2=O)c2ccccc12. The quantitative estimate of drug-likeness (QED) is 0.430. The van der Waals surface area contributed by atoms with Gasteiger partial charge in [-0.3, -0.25) is 9.59 Å². The summed E-state index contributed by atoms with van der Waals surface area (Å²) in [5.74, 6) is -0.0803. The number of amides is 4. The van der Waals surface area contributed by atoms with Crippen LogP contribution in [0.5, 0.6) is 0 Å². The lowest BCUT2D eigenvalue weighted by Gasteiger charge is -2.34. The standard InChI is InChI=1S/C25H19N5O3S/c26-11-19-17-8-4-5-9-18(17)21(12-27-19)30-24(32)23-20-10-15(29(23)25(30)33)13-28(20)22(31)14-34-16-6-2-1-3-7-16/h1-9,12,15,20,23H,10,13-14H2/t15?,20?,23-/m1/s1. The lowest BCUT2D eigenvalue weighted by Crippen LogP contribution is -2.55. The second kappa shape index (κ2) is 7.85. The van der Waals surface area contributed by atoms with Crippen molar-refractivity contribution in [3.8, 4) is 6.07 Å². The monoisotopic (exact) mass is 469 g/mol. The summed E-state index contributed by atoms with van der Waals surface area (Å²) in [6.07, 6.45) is 2.03. The van der Waals surface area contributed by atoms with Gasteiger partial charge in [-0.2, -0.15) is 5.26 Å². The molecule has 1 aromatic heterocycles. The van der Waals surface area contributed by atoms with E-state index >= 15 is 0 Å². The third kappa shape index (κ3) is 2.99. The summed E-state index contributed by atoms with van der Waals surface area (Å²) < 4.78 is 0. The minimum absolute atomic E-state index is 0.0230. The fraction of sp³-hybridized carbons (Fsp3) is 0.240. The van der Waals surface area contributed by atoms with Crippen molar-refractivity contribution in [2.24, 2.45) is 0 Å². The number of carbonyl (C=O) groups excluding carboxylic acids is 3. The topological polar surface area (TPSA) is 97.6 Å². The molecular formula is C25H19N5O3S. The number of pyridine rings is 1. The molecule has 9 heteroatoms. The maximum absolute atomic E-state index is 13.6. The van der Waals surface area contributed by atoms with Crippen LogP contribution in [0.2, 0.25) is 0 Å². The Morgan fingerprint density at radius 2 is 1.82 bits per heavy atom. The van der Waals surface area contributed by atoms with Crippen LogP contribution < -0.4 is 4.90 Å². The fourth-order valence-electron chi connectivity index (χ4n) is 5.36. The minimum atomic E-state index is -0.689. The van der Waals surface area contributed by atoms with E-state index in [0.29, 0.717) is 29.4 Å². The molecule has 0 spiro atoms. The van der Waals surface area contributed by atoms with Crippen molar-refractivity contribution in [2.75, 3.05) is 17.2 Å². The molecule has 2 aromatic carbocycles. The largest absolute Gasteiger partial charge is 0.334 e. The van der Waals surface area contributed by atoms with E-state index < -0.39 is 6.04 Å². The van der Waals surface area contributed by atoms with Crippen molar-refractivity contribution in [1.82, 2.24) is 14.8 Å². The van der Waals surface area contributed by atoms with Gasteiger partial charge < -0.3 is 9.80 Å². The second-order valence-electron chi connectivity index (χ2n) is 8.56. The number of benzene rings is 2. The van der Waals surface area contributed by atoms with E-state index in [4.69, 9.17) is 0 Å². The normalized spacial score (nSPS) is 23.0. The first-order valence-corrected chi connectivity index (χ1v) is 12.0. The van der Waals surface area contributed by atoms with Gasteiger partial charge in [-0.25, -0.2) is 14.7 Å². The van der Waals surface area contributed by atoms with Crippen molar-refractivity contribution >= 4 is 46.1 Å². The van der Waals surface area contributed by atoms with Crippen LogP contribution in [0.1, 0.15) is 12.1 Å². The van der Waals surface area contributed by atoms with E-state index in [-0.39, 0.29) is 41.4 Å². The first kappa shape index (κ1) is 20.7. The Balaban J connectivity index is 1.27. The number of nitrogens with zero attached hydrogens (tertiary/aromatic N) is 5. The molecule has 0 saturated carbocycles. The molecule has 2 unspecified atom stereocenters. The number of rotatable bonds is 4. The van der Waals surface area contributed by atoms with E-state index in [1.807, 2.05) is 30.3 Å². The van der Waals surface area contributed by atoms with E-state index in [9.17, 15) is 19.6 Å². The highest BCUT2D eigenvalue weighted by molar-refractivity contribution is 8.00. The molecule has 3 aromatic rings. The smallest absolute Gasteiger partial charge is 0.332 e. The number of aromatic nitrogens is 1. The lowest BCUT2D eigenvalue weighted by molar-refractivity contribution is -0.133. The molecule has 8 nitrogen and oxygen atoms in total. The Hall–Kier alpha value is -3.90. The molecular weight excluding hydrogens is 450 g/mol. The number of carbonyl (C=O) groups is 3. The molecule has 6 rings (SSSR count). The number of nitriles is 1. The van der Waals surface area contributed by atoms with Crippen LogP contribution in [0.15, 0.2) is 65.7 Å². The maximum Gasteiger partial charge on any atom is 0.332 e. The van der Waals surface area contributed by atoms with Gasteiger partial charge in [-0.1, -0.05) is 42.5 Å². The van der Waals surface area contributed by atoms with E-state index in [1.54, 1.807) is 34.1 Å². The minimum Gasteiger partial charge on any atom is -0.334 e. The Morgan fingerprint density at radius 3 is 2.59 bits per heavy atom. The van der Waals surface area contributed by atoms with Gasteiger partial charge in [-0.15, -0.1) is 11.8 Å². The van der Waals surface area contributed by atoms with Gasteiger partial charge in [0.25, 0.3) is 5.91 Å². The van der Waals surface area contributed by atoms with Gasteiger partial charge in [0.1, 0.15) is 17.8 Å². The number of likely N-dealkylation sites (tertiary alicyclic amines) is 1. The molecule has 3 fully saturated rings. The molecule has 3 saturated heterocycles. The van der Waals surface area contributed by atoms with Crippen molar-refractivity contribution < 1.29 is 14.4 Å². The van der Waals surface area contributed by atoms with Gasteiger partial charge in [-0.05, 0) is 18.6 Å².